The Balaban J connectivity index is 2.54. The van der Waals surface area contributed by atoms with Crippen molar-refractivity contribution in [1.82, 2.24) is 19.1 Å². The first-order valence-electron chi connectivity index (χ1n) is 4.99. The van der Waals surface area contributed by atoms with Crippen molar-refractivity contribution in [3.63, 3.8) is 0 Å². The van der Waals surface area contributed by atoms with Crippen molar-refractivity contribution in [3.8, 4) is 5.88 Å². The standard InChI is InChI=1S/C10H12N4O3/c1-6-8(15)12-10(17)14(9(6)16)5-7-11-3-4-13(7)2/h3-4,16H,5H2,1-2H3,(H,12,15,17). The second-order valence-electron chi connectivity index (χ2n) is 3.75. The number of nitrogens with zero attached hydrogens (tertiary/aromatic N) is 3. The van der Waals surface area contributed by atoms with Gasteiger partial charge in [0.25, 0.3) is 5.56 Å². The van der Waals surface area contributed by atoms with Gasteiger partial charge in [-0.1, -0.05) is 0 Å². The van der Waals surface area contributed by atoms with E-state index in [1.807, 2.05) is 0 Å². The minimum atomic E-state index is -0.652. The molecule has 0 aliphatic rings. The number of imidazole rings is 1. The van der Waals surface area contributed by atoms with E-state index in [-0.39, 0.29) is 18.0 Å². The summed E-state index contributed by atoms with van der Waals surface area (Å²) < 4.78 is 2.80. The highest BCUT2D eigenvalue weighted by Gasteiger charge is 2.12. The Kier molecular flexibility index (Phi) is 2.58. The van der Waals surface area contributed by atoms with E-state index in [0.29, 0.717) is 5.82 Å². The molecule has 7 nitrogen and oxygen atoms in total. The number of aryl methyl sites for hydroxylation is 1. The Morgan fingerprint density at radius 1 is 1.47 bits per heavy atom. The number of rotatable bonds is 2. The Morgan fingerprint density at radius 2 is 2.18 bits per heavy atom. The third-order valence-corrected chi connectivity index (χ3v) is 2.62. The van der Waals surface area contributed by atoms with Crippen LogP contribution < -0.4 is 11.2 Å². The van der Waals surface area contributed by atoms with Crippen molar-refractivity contribution < 1.29 is 5.11 Å². The summed E-state index contributed by atoms with van der Waals surface area (Å²) in [6.07, 6.45) is 3.33. The van der Waals surface area contributed by atoms with E-state index in [9.17, 15) is 14.7 Å². The molecule has 0 unspecified atom stereocenters. The molecule has 0 atom stereocenters. The second-order valence-corrected chi connectivity index (χ2v) is 3.75. The molecule has 2 aromatic heterocycles. The van der Waals surface area contributed by atoms with E-state index in [1.165, 1.54) is 6.92 Å². The first-order valence-corrected chi connectivity index (χ1v) is 4.99. The molecule has 2 heterocycles. The van der Waals surface area contributed by atoms with Gasteiger partial charge in [-0.25, -0.2) is 9.78 Å². The fourth-order valence-corrected chi connectivity index (χ4v) is 1.50. The van der Waals surface area contributed by atoms with Gasteiger partial charge in [0.2, 0.25) is 5.88 Å². The van der Waals surface area contributed by atoms with Crippen LogP contribution in [0.3, 0.4) is 0 Å². The maximum Gasteiger partial charge on any atom is 0.331 e. The third kappa shape index (κ3) is 1.86. The molecule has 0 aliphatic heterocycles. The Morgan fingerprint density at radius 3 is 2.76 bits per heavy atom. The second kappa shape index (κ2) is 3.93. The van der Waals surface area contributed by atoms with Crippen molar-refractivity contribution in [2.75, 3.05) is 0 Å². The highest BCUT2D eigenvalue weighted by molar-refractivity contribution is 5.21. The molecule has 0 fully saturated rings. The molecule has 0 saturated carbocycles. The smallest absolute Gasteiger partial charge is 0.331 e. The normalized spacial score (nSPS) is 10.7. The lowest BCUT2D eigenvalue weighted by atomic mass is 10.3. The van der Waals surface area contributed by atoms with Crippen LogP contribution in [-0.2, 0) is 13.6 Å². The van der Waals surface area contributed by atoms with E-state index >= 15 is 0 Å². The average Bonchev–Trinajstić information content (AvgIpc) is 2.67. The summed E-state index contributed by atoms with van der Waals surface area (Å²) in [7, 11) is 1.78. The van der Waals surface area contributed by atoms with Gasteiger partial charge in [-0.3, -0.25) is 14.3 Å². The minimum Gasteiger partial charge on any atom is -0.494 e. The summed E-state index contributed by atoms with van der Waals surface area (Å²) in [6.45, 7) is 1.55. The number of nitrogens with one attached hydrogen (secondary N) is 1. The van der Waals surface area contributed by atoms with Gasteiger partial charge in [-0.2, -0.15) is 0 Å². The van der Waals surface area contributed by atoms with Crippen LogP contribution in [-0.4, -0.2) is 24.2 Å². The summed E-state index contributed by atoms with van der Waals surface area (Å²) in [6, 6.07) is 0. The molecule has 0 spiro atoms. The molecule has 17 heavy (non-hydrogen) atoms. The van der Waals surface area contributed by atoms with Gasteiger partial charge in [-0.05, 0) is 6.92 Å². The molecule has 0 aromatic carbocycles. The van der Waals surface area contributed by atoms with Crippen molar-refractivity contribution in [2.45, 2.75) is 13.5 Å². The molecular weight excluding hydrogens is 224 g/mol. The zero-order chi connectivity index (χ0) is 12.6. The number of aromatic amines is 1. The predicted octanol–water partition coefficient (Wildman–Crippen LogP) is -0.668. The Labute approximate surface area is 96.0 Å². The van der Waals surface area contributed by atoms with Crippen LogP contribution in [0.5, 0.6) is 5.88 Å². The average molecular weight is 236 g/mol. The molecule has 90 valence electrons. The van der Waals surface area contributed by atoms with Gasteiger partial charge in [0, 0.05) is 19.4 Å². The summed E-state index contributed by atoms with van der Waals surface area (Å²) in [5, 5.41) is 9.75. The summed E-state index contributed by atoms with van der Waals surface area (Å²) in [5.41, 5.74) is -1.12. The van der Waals surface area contributed by atoms with Crippen LogP contribution in [0.4, 0.5) is 0 Å². The van der Waals surface area contributed by atoms with Gasteiger partial charge in [0.1, 0.15) is 5.82 Å². The molecule has 0 bridgehead atoms. The number of aromatic hydroxyl groups is 1. The van der Waals surface area contributed by atoms with Gasteiger partial charge >= 0.3 is 5.69 Å². The highest BCUT2D eigenvalue weighted by atomic mass is 16.3. The minimum absolute atomic E-state index is 0.103. The maximum atomic E-state index is 11.6. The lowest BCUT2D eigenvalue weighted by Gasteiger charge is -2.09. The van der Waals surface area contributed by atoms with Crippen molar-refractivity contribution in [1.29, 1.82) is 0 Å². The Bertz CT molecular complexity index is 665. The van der Waals surface area contributed by atoms with Crippen LogP contribution in [0.2, 0.25) is 0 Å². The van der Waals surface area contributed by atoms with E-state index < -0.39 is 11.2 Å². The quantitative estimate of drug-likeness (QED) is 0.723. The zero-order valence-electron chi connectivity index (χ0n) is 9.47. The molecular formula is C10H12N4O3. The van der Waals surface area contributed by atoms with Crippen LogP contribution in [0.25, 0.3) is 0 Å². The molecule has 0 saturated heterocycles. The van der Waals surface area contributed by atoms with Gasteiger partial charge < -0.3 is 9.67 Å². The van der Waals surface area contributed by atoms with E-state index in [4.69, 9.17) is 0 Å². The highest BCUT2D eigenvalue weighted by Crippen LogP contribution is 2.09. The SMILES string of the molecule is Cc1c(O)n(Cc2nccn2C)c(=O)[nH]c1=O. The summed E-state index contributed by atoms with van der Waals surface area (Å²) in [4.78, 5) is 29.0. The van der Waals surface area contributed by atoms with E-state index in [1.54, 1.807) is 24.0 Å². The van der Waals surface area contributed by atoms with Crippen LogP contribution in [0.15, 0.2) is 22.0 Å². The fraction of sp³-hybridized carbons (Fsp3) is 0.300. The number of H-pyrrole nitrogens is 1. The first kappa shape index (κ1) is 11.2. The number of hydrogen-bond donors (Lipinski definition) is 2. The molecule has 0 radical (unpaired) electrons. The van der Waals surface area contributed by atoms with Gasteiger partial charge in [-0.15, -0.1) is 0 Å². The van der Waals surface area contributed by atoms with E-state index in [0.717, 1.165) is 4.57 Å². The first-order chi connectivity index (χ1) is 8.00. The van der Waals surface area contributed by atoms with Crippen molar-refractivity contribution >= 4 is 0 Å². The molecule has 7 heteroatoms. The molecule has 0 amide bonds. The van der Waals surface area contributed by atoms with Crippen molar-refractivity contribution in [3.05, 3.63) is 44.6 Å². The monoisotopic (exact) mass is 236 g/mol. The maximum absolute atomic E-state index is 11.6. The van der Waals surface area contributed by atoms with Crippen LogP contribution >= 0.6 is 0 Å². The zero-order valence-corrected chi connectivity index (χ0v) is 9.47. The topological polar surface area (TPSA) is 92.9 Å². The Hall–Kier alpha value is -2.31. The number of hydrogen-bond acceptors (Lipinski definition) is 4. The lowest BCUT2D eigenvalue weighted by molar-refractivity contribution is 0.401. The molecule has 2 aromatic rings. The summed E-state index contributed by atoms with van der Waals surface area (Å²) in [5.74, 6) is 0.274. The molecule has 2 N–H and O–H groups in total. The molecule has 0 aliphatic carbocycles. The summed E-state index contributed by atoms with van der Waals surface area (Å²) >= 11 is 0. The van der Waals surface area contributed by atoms with Crippen molar-refractivity contribution in [2.24, 2.45) is 7.05 Å². The predicted molar refractivity (Wildman–Crippen MR) is 60.0 cm³/mol. The van der Waals surface area contributed by atoms with Crippen LogP contribution in [0, 0.1) is 6.92 Å². The number of aromatic nitrogens is 4. The lowest BCUT2D eigenvalue weighted by Crippen LogP contribution is -2.32. The van der Waals surface area contributed by atoms with E-state index in [2.05, 4.69) is 9.97 Å². The third-order valence-electron chi connectivity index (χ3n) is 2.62. The van der Waals surface area contributed by atoms with Crippen LogP contribution in [0.1, 0.15) is 11.4 Å². The fourth-order valence-electron chi connectivity index (χ4n) is 1.50. The molecule has 2 rings (SSSR count). The largest absolute Gasteiger partial charge is 0.494 e. The van der Waals surface area contributed by atoms with Gasteiger partial charge in [0.05, 0.1) is 12.1 Å². The van der Waals surface area contributed by atoms with Gasteiger partial charge in [0.15, 0.2) is 0 Å².